The van der Waals surface area contributed by atoms with Gasteiger partial charge in [-0.15, -0.1) is 0 Å². The summed E-state index contributed by atoms with van der Waals surface area (Å²) in [4.78, 5) is 53.5. The average Bonchev–Trinajstić information content (AvgIpc) is 3.34. The summed E-state index contributed by atoms with van der Waals surface area (Å²) < 4.78 is 5.49. The van der Waals surface area contributed by atoms with Crippen molar-refractivity contribution in [2.24, 2.45) is 17.8 Å². The fourth-order valence-corrected chi connectivity index (χ4v) is 5.46. The highest BCUT2D eigenvalue weighted by molar-refractivity contribution is 6.36. The molecule has 1 aliphatic carbocycles. The van der Waals surface area contributed by atoms with Gasteiger partial charge in [0.2, 0.25) is 17.7 Å². The van der Waals surface area contributed by atoms with Gasteiger partial charge in [0, 0.05) is 18.0 Å². The third-order valence-electron chi connectivity index (χ3n) is 6.81. The molecule has 176 valence electrons. The number of carbonyl (C=O) groups is 4. The molecule has 2 aliphatic heterocycles. The molecule has 0 bridgehead atoms. The molecule has 3 atom stereocenters. The Morgan fingerprint density at radius 1 is 0.912 bits per heavy atom. The number of benzene rings is 2. The molecule has 5 rings (SSSR count). The topological polar surface area (TPSA) is 84.0 Å². The monoisotopic (exact) mass is 500 g/mol. The molecular formula is C25H22Cl2N2O5. The molecule has 2 aromatic carbocycles. The third kappa shape index (κ3) is 4.07. The number of nitrogens with zero attached hydrogens (tertiary/aromatic N) is 2. The lowest BCUT2D eigenvalue weighted by molar-refractivity contribution is -0.139. The van der Waals surface area contributed by atoms with Crippen LogP contribution < -0.4 is 14.5 Å². The van der Waals surface area contributed by atoms with Crippen LogP contribution in [0.4, 0.5) is 11.4 Å². The Balaban J connectivity index is 1.25. The Bertz CT molecular complexity index is 1160. The minimum Gasteiger partial charge on any atom is -0.426 e. The van der Waals surface area contributed by atoms with Gasteiger partial charge < -0.3 is 9.64 Å². The molecule has 2 heterocycles. The number of esters is 1. The second kappa shape index (κ2) is 9.04. The number of hydrogen-bond donors (Lipinski definition) is 0. The van der Waals surface area contributed by atoms with Crippen molar-refractivity contribution in [3.8, 4) is 5.75 Å². The first-order valence-corrected chi connectivity index (χ1v) is 12.0. The Kier molecular flexibility index (Phi) is 6.08. The van der Waals surface area contributed by atoms with Gasteiger partial charge >= 0.3 is 5.97 Å². The van der Waals surface area contributed by atoms with Crippen LogP contribution in [0.1, 0.15) is 32.1 Å². The van der Waals surface area contributed by atoms with Crippen molar-refractivity contribution < 1.29 is 23.9 Å². The van der Waals surface area contributed by atoms with Gasteiger partial charge in [-0.3, -0.25) is 24.1 Å². The van der Waals surface area contributed by atoms with Gasteiger partial charge in [-0.25, -0.2) is 0 Å². The van der Waals surface area contributed by atoms with E-state index < -0.39 is 11.9 Å². The van der Waals surface area contributed by atoms with Crippen molar-refractivity contribution in [1.29, 1.82) is 0 Å². The van der Waals surface area contributed by atoms with Crippen LogP contribution in [-0.2, 0) is 19.2 Å². The van der Waals surface area contributed by atoms with Crippen molar-refractivity contribution in [2.45, 2.75) is 32.1 Å². The van der Waals surface area contributed by atoms with Gasteiger partial charge in [-0.2, -0.15) is 0 Å². The molecule has 7 nitrogen and oxygen atoms in total. The Morgan fingerprint density at radius 2 is 1.56 bits per heavy atom. The number of rotatable bonds is 4. The molecule has 1 saturated carbocycles. The molecule has 0 radical (unpaired) electrons. The van der Waals surface area contributed by atoms with Crippen LogP contribution in [0.25, 0.3) is 0 Å². The standard InChI is InChI=1S/C25H22Cl2N2O5/c26-15-5-10-20(27)21(12-15)28-13-14(11-22(28)30)25(33)34-17-8-6-16(7-9-17)29-23(31)18-3-1-2-4-19(18)24(29)32/h5-10,12,14,18-19H,1-4,11,13H2/t14-,18-,19-/m1/s1. The maximum Gasteiger partial charge on any atom is 0.316 e. The van der Waals surface area contributed by atoms with Crippen molar-refractivity contribution in [3.05, 3.63) is 52.5 Å². The normalized spacial score (nSPS) is 24.5. The fraction of sp³-hybridized carbons (Fsp3) is 0.360. The van der Waals surface area contributed by atoms with Crippen LogP contribution in [0.5, 0.6) is 5.75 Å². The first-order valence-electron chi connectivity index (χ1n) is 11.3. The maximum absolute atomic E-state index is 12.8. The molecule has 0 spiro atoms. The highest BCUT2D eigenvalue weighted by Crippen LogP contribution is 2.40. The first-order chi connectivity index (χ1) is 16.3. The molecule has 2 aromatic rings. The Hall–Kier alpha value is -2.90. The van der Waals surface area contributed by atoms with E-state index in [0.29, 0.717) is 21.4 Å². The molecule has 2 saturated heterocycles. The van der Waals surface area contributed by atoms with E-state index in [2.05, 4.69) is 0 Å². The molecule has 3 fully saturated rings. The Morgan fingerprint density at radius 3 is 2.21 bits per heavy atom. The van der Waals surface area contributed by atoms with Crippen LogP contribution >= 0.6 is 23.2 Å². The number of anilines is 2. The number of imide groups is 1. The van der Waals surface area contributed by atoms with Crippen molar-refractivity contribution in [3.63, 3.8) is 0 Å². The summed E-state index contributed by atoms with van der Waals surface area (Å²) in [6, 6.07) is 11.1. The molecule has 0 N–H and O–H groups in total. The van der Waals surface area contributed by atoms with Crippen LogP contribution in [0, 0.1) is 17.8 Å². The van der Waals surface area contributed by atoms with Gasteiger partial charge in [-0.05, 0) is 55.3 Å². The predicted octanol–water partition coefficient (Wildman–Crippen LogP) is 4.63. The van der Waals surface area contributed by atoms with E-state index in [1.807, 2.05) is 0 Å². The number of hydrogen-bond acceptors (Lipinski definition) is 5. The lowest BCUT2D eigenvalue weighted by atomic mass is 9.81. The van der Waals surface area contributed by atoms with E-state index in [1.54, 1.807) is 42.5 Å². The predicted molar refractivity (Wildman–Crippen MR) is 127 cm³/mol. The highest BCUT2D eigenvalue weighted by atomic mass is 35.5. The van der Waals surface area contributed by atoms with Gasteiger partial charge in [0.15, 0.2) is 0 Å². The quantitative estimate of drug-likeness (QED) is 0.347. The molecule has 34 heavy (non-hydrogen) atoms. The lowest BCUT2D eigenvalue weighted by Crippen LogP contribution is -2.30. The summed E-state index contributed by atoms with van der Waals surface area (Å²) in [5.74, 6) is -1.92. The average molecular weight is 501 g/mol. The molecular weight excluding hydrogens is 479 g/mol. The van der Waals surface area contributed by atoms with Crippen LogP contribution in [0.2, 0.25) is 10.0 Å². The molecule has 9 heteroatoms. The molecule has 3 amide bonds. The highest BCUT2D eigenvalue weighted by Gasteiger charge is 2.48. The minimum absolute atomic E-state index is 0.000677. The van der Waals surface area contributed by atoms with Crippen molar-refractivity contribution in [2.75, 3.05) is 16.3 Å². The zero-order chi connectivity index (χ0) is 24.0. The number of halogens is 2. The smallest absolute Gasteiger partial charge is 0.316 e. The van der Waals surface area contributed by atoms with Gasteiger partial charge in [0.05, 0.1) is 34.2 Å². The van der Waals surface area contributed by atoms with Gasteiger partial charge in [0.1, 0.15) is 5.75 Å². The van der Waals surface area contributed by atoms with Crippen molar-refractivity contribution >= 4 is 58.3 Å². The summed E-state index contributed by atoms with van der Waals surface area (Å²) >= 11 is 12.2. The van der Waals surface area contributed by atoms with Crippen LogP contribution in [0.15, 0.2) is 42.5 Å². The summed E-state index contributed by atoms with van der Waals surface area (Å²) in [7, 11) is 0. The second-order valence-electron chi connectivity index (χ2n) is 8.93. The van der Waals surface area contributed by atoms with E-state index in [1.165, 1.54) is 9.80 Å². The second-order valence-corrected chi connectivity index (χ2v) is 9.77. The summed E-state index contributed by atoms with van der Waals surface area (Å²) in [5, 5.41) is 0.806. The van der Waals surface area contributed by atoms with E-state index in [-0.39, 0.29) is 48.3 Å². The molecule has 0 aromatic heterocycles. The summed E-state index contributed by atoms with van der Waals surface area (Å²) in [6.07, 6.45) is 3.43. The van der Waals surface area contributed by atoms with E-state index >= 15 is 0 Å². The summed E-state index contributed by atoms with van der Waals surface area (Å²) in [5.41, 5.74) is 0.932. The van der Waals surface area contributed by atoms with E-state index in [4.69, 9.17) is 27.9 Å². The third-order valence-corrected chi connectivity index (χ3v) is 7.37. The zero-order valence-electron chi connectivity index (χ0n) is 18.2. The largest absolute Gasteiger partial charge is 0.426 e. The summed E-state index contributed by atoms with van der Waals surface area (Å²) in [6.45, 7) is 0.134. The van der Waals surface area contributed by atoms with E-state index in [0.717, 1.165) is 25.7 Å². The number of fused-ring (bicyclic) bond motifs is 1. The van der Waals surface area contributed by atoms with Crippen LogP contribution in [0.3, 0.4) is 0 Å². The van der Waals surface area contributed by atoms with Gasteiger partial charge in [0.25, 0.3) is 0 Å². The molecule has 0 unspecified atom stereocenters. The first kappa shape index (κ1) is 22.9. The molecule has 3 aliphatic rings. The fourth-order valence-electron chi connectivity index (χ4n) is 5.07. The SMILES string of the molecule is O=C(Oc1ccc(N2C(=O)[C@@H]3CCCC[C@H]3C2=O)cc1)[C@@H]1CC(=O)N(c2cc(Cl)ccc2Cl)C1. The maximum atomic E-state index is 12.8. The zero-order valence-corrected chi connectivity index (χ0v) is 19.7. The van der Waals surface area contributed by atoms with Crippen molar-refractivity contribution in [1.82, 2.24) is 0 Å². The number of amides is 3. The van der Waals surface area contributed by atoms with Gasteiger partial charge in [-0.1, -0.05) is 36.0 Å². The number of carbonyl (C=O) groups excluding carboxylic acids is 4. The number of ether oxygens (including phenoxy) is 1. The lowest BCUT2D eigenvalue weighted by Gasteiger charge is -2.19. The van der Waals surface area contributed by atoms with E-state index in [9.17, 15) is 19.2 Å². The minimum atomic E-state index is -0.660. The Labute approximate surface area is 206 Å². The van der Waals surface area contributed by atoms with Crippen LogP contribution in [-0.4, -0.2) is 30.2 Å².